The fourth-order valence-electron chi connectivity index (χ4n) is 2.19. The van der Waals surface area contributed by atoms with Crippen molar-refractivity contribution in [1.82, 2.24) is 10.3 Å². The highest BCUT2D eigenvalue weighted by atomic mass is 16.4. The van der Waals surface area contributed by atoms with Gasteiger partial charge in [0.2, 0.25) is 5.89 Å². The summed E-state index contributed by atoms with van der Waals surface area (Å²) in [6, 6.07) is 13.6. The van der Waals surface area contributed by atoms with Gasteiger partial charge in [0.05, 0.1) is 17.5 Å². The van der Waals surface area contributed by atoms with Gasteiger partial charge in [-0.3, -0.25) is 4.79 Å². The smallest absolute Gasteiger partial charge is 0.347 e. The maximum Gasteiger partial charge on any atom is 0.347 e. The van der Waals surface area contributed by atoms with Crippen LogP contribution in [0.15, 0.2) is 57.7 Å². The van der Waals surface area contributed by atoms with Crippen LogP contribution in [0.4, 0.5) is 0 Å². The second-order valence-corrected chi connectivity index (χ2v) is 4.88. The van der Waals surface area contributed by atoms with E-state index < -0.39 is 5.63 Å². The lowest BCUT2D eigenvalue weighted by molar-refractivity contribution is 0.0945. The molecule has 0 atom stereocenters. The van der Waals surface area contributed by atoms with Gasteiger partial charge in [0.25, 0.3) is 5.91 Å². The van der Waals surface area contributed by atoms with E-state index in [1.807, 2.05) is 18.2 Å². The Morgan fingerprint density at radius 2 is 1.96 bits per heavy atom. The molecule has 1 amide bonds. The Kier molecular flexibility index (Phi) is 4.16. The predicted molar refractivity (Wildman–Crippen MR) is 85.1 cm³/mol. The lowest BCUT2D eigenvalue weighted by Gasteiger charge is -2.05. The van der Waals surface area contributed by atoms with Crippen molar-refractivity contribution in [2.45, 2.75) is 0 Å². The summed E-state index contributed by atoms with van der Waals surface area (Å²) in [5.41, 5.74) is 0.928. The van der Waals surface area contributed by atoms with Crippen LogP contribution in [0.1, 0.15) is 10.4 Å². The summed E-state index contributed by atoms with van der Waals surface area (Å²) in [5, 5.41) is 11.6. The molecule has 0 saturated carbocycles. The molecule has 2 N–H and O–H groups in total. The van der Waals surface area contributed by atoms with E-state index in [1.165, 1.54) is 18.2 Å². The molecule has 6 nitrogen and oxygen atoms in total. The van der Waals surface area contributed by atoms with Crippen molar-refractivity contribution in [1.29, 1.82) is 0 Å². The minimum Gasteiger partial charge on any atom is -0.403 e. The van der Waals surface area contributed by atoms with Gasteiger partial charge in [-0.2, -0.15) is 0 Å². The molecule has 116 valence electrons. The Morgan fingerprint density at radius 1 is 1.17 bits per heavy atom. The number of aromatic nitrogens is 1. The number of hydrogen-bond donors (Lipinski definition) is 2. The van der Waals surface area contributed by atoms with E-state index in [0.29, 0.717) is 22.0 Å². The normalized spacial score (nSPS) is 10.7. The number of amides is 1. The number of aliphatic hydroxyl groups excluding tert-OH is 1. The maximum absolute atomic E-state index is 12.1. The van der Waals surface area contributed by atoms with E-state index in [-0.39, 0.29) is 24.9 Å². The quantitative estimate of drug-likeness (QED) is 0.763. The topological polar surface area (TPSA) is 92.4 Å². The van der Waals surface area contributed by atoms with Crippen molar-refractivity contribution in [3.63, 3.8) is 0 Å². The molecule has 3 aromatic rings. The van der Waals surface area contributed by atoms with Crippen LogP contribution in [0.2, 0.25) is 0 Å². The summed E-state index contributed by atoms with van der Waals surface area (Å²) in [5.74, 6) is -0.131. The highest BCUT2D eigenvalue weighted by Gasteiger charge is 2.11. The number of carbonyl (C=O) groups excluding carboxylic acids is 1. The molecular formula is C17H14N2O4. The molecule has 3 rings (SSSR count). The standard InChI is InChI=1S/C17H14N2O4/c20-9-8-18-15(21)12-6-7-13-14(10-12)19-16(23-17(13)22)11-4-2-1-3-5-11/h1-7,10,20H,8-9H2,(H,18,21). The van der Waals surface area contributed by atoms with Gasteiger partial charge in [0.1, 0.15) is 0 Å². The summed E-state index contributed by atoms with van der Waals surface area (Å²) in [6.07, 6.45) is 0. The Bertz CT molecular complexity index is 903. The van der Waals surface area contributed by atoms with Gasteiger partial charge < -0.3 is 14.8 Å². The molecule has 0 aliphatic rings. The summed E-state index contributed by atoms with van der Waals surface area (Å²) in [7, 11) is 0. The van der Waals surface area contributed by atoms with Crippen molar-refractivity contribution in [2.75, 3.05) is 13.2 Å². The summed E-state index contributed by atoms with van der Waals surface area (Å²) < 4.78 is 5.24. The monoisotopic (exact) mass is 310 g/mol. The molecule has 1 heterocycles. The largest absolute Gasteiger partial charge is 0.403 e. The number of hydrogen-bond acceptors (Lipinski definition) is 5. The van der Waals surface area contributed by atoms with E-state index in [1.54, 1.807) is 12.1 Å². The van der Waals surface area contributed by atoms with E-state index in [2.05, 4.69) is 10.3 Å². The Balaban J connectivity index is 2.07. The van der Waals surface area contributed by atoms with Gasteiger partial charge in [-0.05, 0) is 30.3 Å². The summed E-state index contributed by atoms with van der Waals surface area (Å²) >= 11 is 0. The lowest BCUT2D eigenvalue weighted by Crippen LogP contribution is -2.26. The Hall–Kier alpha value is -2.99. The average Bonchev–Trinajstić information content (AvgIpc) is 2.59. The summed E-state index contributed by atoms with van der Waals surface area (Å²) in [4.78, 5) is 28.4. The predicted octanol–water partition coefficient (Wildman–Crippen LogP) is 1.58. The van der Waals surface area contributed by atoms with Gasteiger partial charge in [0, 0.05) is 17.7 Å². The number of fused-ring (bicyclic) bond motifs is 1. The van der Waals surface area contributed by atoms with Gasteiger partial charge >= 0.3 is 5.63 Å². The zero-order valence-electron chi connectivity index (χ0n) is 12.2. The van der Waals surface area contributed by atoms with Crippen LogP contribution in [0, 0.1) is 0 Å². The van der Waals surface area contributed by atoms with Gasteiger partial charge in [0.15, 0.2) is 0 Å². The number of nitrogens with zero attached hydrogens (tertiary/aromatic N) is 1. The Labute approximate surface area is 131 Å². The third-order valence-electron chi connectivity index (χ3n) is 3.31. The number of aliphatic hydroxyl groups is 1. The minimum absolute atomic E-state index is 0.140. The van der Waals surface area contributed by atoms with Crippen LogP contribution >= 0.6 is 0 Å². The molecule has 0 saturated heterocycles. The molecule has 2 aromatic carbocycles. The highest BCUT2D eigenvalue weighted by molar-refractivity contribution is 5.97. The molecule has 0 aliphatic carbocycles. The van der Waals surface area contributed by atoms with Crippen molar-refractivity contribution < 1.29 is 14.3 Å². The van der Waals surface area contributed by atoms with E-state index >= 15 is 0 Å². The average molecular weight is 310 g/mol. The first-order valence-corrected chi connectivity index (χ1v) is 7.08. The van der Waals surface area contributed by atoms with Crippen LogP contribution in [-0.4, -0.2) is 29.1 Å². The van der Waals surface area contributed by atoms with Crippen LogP contribution in [0.3, 0.4) is 0 Å². The second kappa shape index (κ2) is 6.41. The fraction of sp³-hybridized carbons (Fsp3) is 0.118. The molecule has 0 radical (unpaired) electrons. The van der Waals surface area contributed by atoms with Crippen molar-refractivity contribution in [3.8, 4) is 11.5 Å². The summed E-state index contributed by atoms with van der Waals surface area (Å²) in [6.45, 7) is 0.0236. The first-order chi connectivity index (χ1) is 11.2. The molecule has 1 aromatic heterocycles. The number of benzene rings is 2. The van der Waals surface area contributed by atoms with Gasteiger partial charge in [-0.15, -0.1) is 0 Å². The molecule has 23 heavy (non-hydrogen) atoms. The van der Waals surface area contributed by atoms with Crippen molar-refractivity contribution >= 4 is 16.8 Å². The van der Waals surface area contributed by atoms with Gasteiger partial charge in [-0.25, -0.2) is 9.78 Å². The van der Waals surface area contributed by atoms with Crippen LogP contribution < -0.4 is 10.9 Å². The van der Waals surface area contributed by atoms with E-state index in [9.17, 15) is 9.59 Å². The van der Waals surface area contributed by atoms with Crippen molar-refractivity contribution in [2.24, 2.45) is 0 Å². The highest BCUT2D eigenvalue weighted by Crippen LogP contribution is 2.18. The first kappa shape index (κ1) is 14.9. The Morgan fingerprint density at radius 3 is 2.70 bits per heavy atom. The molecular weight excluding hydrogens is 296 g/mol. The number of carbonyl (C=O) groups is 1. The molecule has 0 spiro atoms. The zero-order chi connectivity index (χ0) is 16.2. The van der Waals surface area contributed by atoms with Crippen molar-refractivity contribution in [3.05, 3.63) is 64.5 Å². The van der Waals surface area contributed by atoms with E-state index in [0.717, 1.165) is 0 Å². The molecule has 0 fully saturated rings. The van der Waals surface area contributed by atoms with Crippen LogP contribution in [0.5, 0.6) is 0 Å². The third-order valence-corrected chi connectivity index (χ3v) is 3.31. The van der Waals surface area contributed by atoms with Crippen LogP contribution in [-0.2, 0) is 0 Å². The first-order valence-electron chi connectivity index (χ1n) is 7.08. The number of rotatable bonds is 4. The third kappa shape index (κ3) is 3.12. The molecule has 0 bridgehead atoms. The lowest BCUT2D eigenvalue weighted by atomic mass is 10.1. The molecule has 0 unspecified atom stereocenters. The second-order valence-electron chi connectivity index (χ2n) is 4.88. The zero-order valence-corrected chi connectivity index (χ0v) is 12.2. The van der Waals surface area contributed by atoms with E-state index in [4.69, 9.17) is 9.52 Å². The maximum atomic E-state index is 12.1. The van der Waals surface area contributed by atoms with Gasteiger partial charge in [-0.1, -0.05) is 18.2 Å². The van der Waals surface area contributed by atoms with Crippen LogP contribution in [0.25, 0.3) is 22.4 Å². The fourth-order valence-corrected chi connectivity index (χ4v) is 2.19. The number of nitrogens with one attached hydrogen (secondary N) is 1. The molecule has 0 aliphatic heterocycles. The SMILES string of the molecule is O=C(NCCO)c1ccc2c(=O)oc(-c3ccccc3)nc2c1. The molecule has 6 heteroatoms. The minimum atomic E-state index is -0.504.